The molecule has 0 radical (unpaired) electrons. The monoisotopic (exact) mass is 272 g/mol. The Labute approximate surface area is 120 Å². The van der Waals surface area contributed by atoms with Crippen LogP contribution in [0.2, 0.25) is 0 Å². The average Bonchev–Trinajstić information content (AvgIpc) is 2.49. The van der Waals surface area contributed by atoms with Crippen LogP contribution < -0.4 is 5.32 Å². The lowest BCUT2D eigenvalue weighted by molar-refractivity contribution is 0.531. The SMILES string of the molecule is CCNC(Cc1ccc(F)cc1)c1ncccc1CC. The average molecular weight is 272 g/mol. The third kappa shape index (κ3) is 3.64. The van der Waals surface area contributed by atoms with Crippen molar-refractivity contribution in [2.45, 2.75) is 32.7 Å². The van der Waals surface area contributed by atoms with Gasteiger partial charge in [0, 0.05) is 6.20 Å². The molecule has 3 heteroatoms. The van der Waals surface area contributed by atoms with Crippen LogP contribution in [-0.2, 0) is 12.8 Å². The fourth-order valence-electron chi connectivity index (χ4n) is 2.43. The molecule has 0 aliphatic rings. The predicted molar refractivity (Wildman–Crippen MR) is 80.1 cm³/mol. The third-order valence-corrected chi connectivity index (χ3v) is 3.44. The van der Waals surface area contributed by atoms with Gasteiger partial charge in [-0.25, -0.2) is 4.39 Å². The van der Waals surface area contributed by atoms with Gasteiger partial charge in [0.1, 0.15) is 5.82 Å². The molecule has 0 aliphatic carbocycles. The van der Waals surface area contributed by atoms with Crippen LogP contribution in [0, 0.1) is 5.82 Å². The summed E-state index contributed by atoms with van der Waals surface area (Å²) in [5.41, 5.74) is 3.48. The van der Waals surface area contributed by atoms with Crippen molar-refractivity contribution in [2.24, 2.45) is 0 Å². The van der Waals surface area contributed by atoms with Gasteiger partial charge in [-0.2, -0.15) is 0 Å². The highest BCUT2D eigenvalue weighted by Gasteiger charge is 2.15. The van der Waals surface area contributed by atoms with E-state index in [-0.39, 0.29) is 11.9 Å². The summed E-state index contributed by atoms with van der Waals surface area (Å²) in [5.74, 6) is -0.194. The van der Waals surface area contributed by atoms with Crippen molar-refractivity contribution < 1.29 is 4.39 Å². The van der Waals surface area contributed by atoms with E-state index < -0.39 is 0 Å². The van der Waals surface area contributed by atoms with Crippen molar-refractivity contribution in [3.63, 3.8) is 0 Å². The topological polar surface area (TPSA) is 24.9 Å². The Morgan fingerprint density at radius 3 is 2.55 bits per heavy atom. The number of pyridine rings is 1. The zero-order chi connectivity index (χ0) is 14.4. The van der Waals surface area contributed by atoms with E-state index in [0.29, 0.717) is 0 Å². The highest BCUT2D eigenvalue weighted by atomic mass is 19.1. The fourth-order valence-corrected chi connectivity index (χ4v) is 2.43. The maximum atomic E-state index is 13.0. The Morgan fingerprint density at radius 2 is 1.90 bits per heavy atom. The van der Waals surface area contributed by atoms with E-state index in [1.807, 2.05) is 24.4 Å². The molecule has 2 nitrogen and oxygen atoms in total. The van der Waals surface area contributed by atoms with Gasteiger partial charge in [0.25, 0.3) is 0 Å². The normalized spacial score (nSPS) is 12.3. The molecule has 0 spiro atoms. The Bertz CT molecular complexity index is 537. The number of nitrogens with one attached hydrogen (secondary N) is 1. The molecular weight excluding hydrogens is 251 g/mol. The molecule has 0 aliphatic heterocycles. The minimum atomic E-state index is -0.194. The van der Waals surface area contributed by atoms with Crippen LogP contribution in [0.4, 0.5) is 4.39 Å². The van der Waals surface area contributed by atoms with Gasteiger partial charge in [0.05, 0.1) is 11.7 Å². The predicted octanol–water partition coefficient (Wildman–Crippen LogP) is 3.68. The van der Waals surface area contributed by atoms with Gasteiger partial charge in [-0.15, -0.1) is 0 Å². The lowest BCUT2D eigenvalue weighted by Gasteiger charge is -2.20. The van der Waals surface area contributed by atoms with Crippen LogP contribution in [0.3, 0.4) is 0 Å². The highest BCUT2D eigenvalue weighted by Crippen LogP contribution is 2.20. The van der Waals surface area contributed by atoms with Crippen molar-refractivity contribution in [3.8, 4) is 0 Å². The number of rotatable bonds is 6. The lowest BCUT2D eigenvalue weighted by atomic mass is 9.98. The molecule has 0 saturated carbocycles. The number of hydrogen-bond acceptors (Lipinski definition) is 2. The van der Waals surface area contributed by atoms with Crippen LogP contribution in [0.5, 0.6) is 0 Å². The highest BCUT2D eigenvalue weighted by molar-refractivity contribution is 5.26. The Kier molecular flexibility index (Phi) is 5.24. The van der Waals surface area contributed by atoms with E-state index in [2.05, 4.69) is 30.2 Å². The number of likely N-dealkylation sites (N-methyl/N-ethyl adjacent to an activating group) is 1. The zero-order valence-corrected chi connectivity index (χ0v) is 12.1. The largest absolute Gasteiger partial charge is 0.309 e. The van der Waals surface area contributed by atoms with Crippen LogP contribution >= 0.6 is 0 Å². The summed E-state index contributed by atoms with van der Waals surface area (Å²) in [6.45, 7) is 5.11. The molecule has 1 atom stereocenters. The first-order chi connectivity index (χ1) is 9.74. The van der Waals surface area contributed by atoms with Gasteiger partial charge < -0.3 is 5.32 Å². The summed E-state index contributed by atoms with van der Waals surface area (Å²) >= 11 is 0. The summed E-state index contributed by atoms with van der Waals surface area (Å²) in [4.78, 5) is 4.55. The summed E-state index contributed by atoms with van der Waals surface area (Å²) in [5, 5.41) is 3.48. The third-order valence-electron chi connectivity index (χ3n) is 3.44. The second-order valence-electron chi connectivity index (χ2n) is 4.84. The van der Waals surface area contributed by atoms with E-state index in [9.17, 15) is 4.39 Å². The van der Waals surface area contributed by atoms with Crippen LogP contribution in [0.25, 0.3) is 0 Å². The Morgan fingerprint density at radius 1 is 1.15 bits per heavy atom. The maximum Gasteiger partial charge on any atom is 0.123 e. The zero-order valence-electron chi connectivity index (χ0n) is 12.1. The van der Waals surface area contributed by atoms with Crippen LogP contribution in [0.15, 0.2) is 42.6 Å². The molecule has 0 saturated heterocycles. The lowest BCUT2D eigenvalue weighted by Crippen LogP contribution is -2.25. The summed E-state index contributed by atoms with van der Waals surface area (Å²) in [6.07, 6.45) is 3.62. The summed E-state index contributed by atoms with van der Waals surface area (Å²) in [6, 6.07) is 11.0. The second kappa shape index (κ2) is 7.15. The van der Waals surface area contributed by atoms with E-state index in [1.54, 1.807) is 0 Å². The molecule has 20 heavy (non-hydrogen) atoms. The maximum absolute atomic E-state index is 13.0. The van der Waals surface area contributed by atoms with Crippen molar-refractivity contribution in [1.82, 2.24) is 10.3 Å². The van der Waals surface area contributed by atoms with Gasteiger partial charge >= 0.3 is 0 Å². The number of hydrogen-bond donors (Lipinski definition) is 1. The smallest absolute Gasteiger partial charge is 0.123 e. The number of aromatic nitrogens is 1. The minimum absolute atomic E-state index is 0.168. The van der Waals surface area contributed by atoms with Crippen LogP contribution in [-0.4, -0.2) is 11.5 Å². The fraction of sp³-hybridized carbons (Fsp3) is 0.353. The number of halogens is 1. The molecule has 0 bridgehead atoms. The molecule has 1 N–H and O–H groups in total. The van der Waals surface area contributed by atoms with Gasteiger partial charge in [-0.05, 0) is 48.7 Å². The van der Waals surface area contributed by atoms with E-state index in [4.69, 9.17) is 0 Å². The quantitative estimate of drug-likeness (QED) is 0.867. The molecule has 2 aromatic rings. The first-order valence-corrected chi connectivity index (χ1v) is 7.16. The number of aryl methyl sites for hydroxylation is 1. The van der Waals surface area contributed by atoms with Gasteiger partial charge in [-0.1, -0.05) is 32.0 Å². The first-order valence-electron chi connectivity index (χ1n) is 7.16. The summed E-state index contributed by atoms with van der Waals surface area (Å²) in [7, 11) is 0. The van der Waals surface area contributed by atoms with Crippen molar-refractivity contribution in [1.29, 1.82) is 0 Å². The first kappa shape index (κ1) is 14.7. The van der Waals surface area contributed by atoms with E-state index in [1.165, 1.54) is 17.7 Å². The van der Waals surface area contributed by atoms with Gasteiger partial charge in [0.2, 0.25) is 0 Å². The van der Waals surface area contributed by atoms with Crippen LogP contribution in [0.1, 0.15) is 36.7 Å². The van der Waals surface area contributed by atoms with E-state index >= 15 is 0 Å². The van der Waals surface area contributed by atoms with Crippen molar-refractivity contribution in [2.75, 3.05) is 6.54 Å². The molecule has 1 aromatic carbocycles. The van der Waals surface area contributed by atoms with E-state index in [0.717, 1.165) is 30.6 Å². The molecule has 106 valence electrons. The van der Waals surface area contributed by atoms with Gasteiger partial charge in [0.15, 0.2) is 0 Å². The molecular formula is C17H21FN2. The van der Waals surface area contributed by atoms with Gasteiger partial charge in [-0.3, -0.25) is 4.98 Å². The Balaban J connectivity index is 2.24. The molecule has 0 fully saturated rings. The molecule has 1 heterocycles. The molecule has 1 unspecified atom stereocenters. The number of benzene rings is 1. The standard InChI is InChI=1S/C17H21FN2/c1-3-14-6-5-11-20-17(14)16(19-4-2)12-13-7-9-15(18)10-8-13/h5-11,16,19H,3-4,12H2,1-2H3. The molecule has 1 aromatic heterocycles. The molecule has 0 amide bonds. The molecule has 2 rings (SSSR count). The Hall–Kier alpha value is -1.74. The second-order valence-corrected chi connectivity index (χ2v) is 4.84. The summed E-state index contributed by atoms with van der Waals surface area (Å²) < 4.78 is 13.0. The minimum Gasteiger partial charge on any atom is -0.309 e. The number of nitrogens with zero attached hydrogens (tertiary/aromatic N) is 1. The van der Waals surface area contributed by atoms with Crippen molar-refractivity contribution in [3.05, 3.63) is 65.2 Å². The van der Waals surface area contributed by atoms with Crippen molar-refractivity contribution >= 4 is 0 Å².